The minimum absolute atomic E-state index is 0.283. The summed E-state index contributed by atoms with van der Waals surface area (Å²) in [5, 5.41) is 2.86. The fourth-order valence-corrected chi connectivity index (χ4v) is 279. The van der Waals surface area contributed by atoms with E-state index in [4.69, 9.17) is 9.05 Å². The molecule has 2 saturated heterocycles. The average molecular weight is 644 g/mol. The number of rotatable bonds is 6. The molecule has 0 radical (unpaired) electrons. The molecule has 0 atom stereocenters. The van der Waals surface area contributed by atoms with Crippen LogP contribution in [0.3, 0.4) is 0 Å². The first-order valence-corrected chi connectivity index (χ1v) is 36.4. The van der Waals surface area contributed by atoms with E-state index in [2.05, 4.69) is 108 Å². The van der Waals surface area contributed by atoms with E-state index in [-0.39, 0.29) is 12.2 Å². The monoisotopic (exact) mass is 644 g/mol. The zero-order valence-electron chi connectivity index (χ0n) is 14.6. The van der Waals surface area contributed by atoms with Crippen LogP contribution in [0.2, 0.25) is 0 Å². The first-order valence-electron chi connectivity index (χ1n) is 8.29. The van der Waals surface area contributed by atoms with Crippen molar-refractivity contribution >= 4 is 69.3 Å². The Morgan fingerprint density at radius 3 is 1.28 bits per heavy atom. The summed E-state index contributed by atoms with van der Waals surface area (Å²) in [6, 6.07) is 17.6. The summed E-state index contributed by atoms with van der Waals surface area (Å²) in [7, 11) is 9.08. The molecule has 1 spiro atoms. The van der Waals surface area contributed by atoms with Gasteiger partial charge < -0.3 is 0 Å². The summed E-state index contributed by atoms with van der Waals surface area (Å²) in [5.41, 5.74) is 0. The van der Waals surface area contributed by atoms with E-state index in [1.165, 1.54) is 10.6 Å². The first-order chi connectivity index (χ1) is 11.9. The topological polar surface area (TPSA) is 18.5 Å². The molecule has 2 aliphatic heterocycles. The molecule has 9 heteroatoms. The van der Waals surface area contributed by atoms with Gasteiger partial charge in [0.2, 0.25) is 0 Å². The molecule has 2 fully saturated rings. The molecular formula is C16H22O2P2PbS4. The average Bonchev–Trinajstić information content (AvgIpc) is 3.14. The SMILES string of the molecule is CC(C)O[P+]1([c-]2cccc2)[S][Pb]2([S]1)[S][P+](OC(C)C)([c-]1cccc1)[S]2. The predicted molar refractivity (Wildman–Crippen MR) is 126 cm³/mol. The van der Waals surface area contributed by atoms with Crippen LogP contribution in [0.1, 0.15) is 27.7 Å². The first kappa shape index (κ1) is 20.1. The minimum atomic E-state index is -2.47. The predicted octanol–water partition coefficient (Wildman–Crippen LogP) is 6.85. The molecule has 0 bridgehead atoms. The summed E-state index contributed by atoms with van der Waals surface area (Å²) < 4.78 is 13.1. The van der Waals surface area contributed by atoms with Gasteiger partial charge in [-0.2, -0.15) is 0 Å². The summed E-state index contributed by atoms with van der Waals surface area (Å²) in [6.45, 7) is 8.66. The van der Waals surface area contributed by atoms with Crippen molar-refractivity contribution in [2.24, 2.45) is 0 Å². The summed E-state index contributed by atoms with van der Waals surface area (Å²) in [6.07, 6.45) is 0.566. The van der Waals surface area contributed by atoms with Crippen molar-refractivity contribution in [3.05, 3.63) is 48.5 Å². The molecule has 25 heavy (non-hydrogen) atoms. The Morgan fingerprint density at radius 2 is 1.00 bits per heavy atom. The van der Waals surface area contributed by atoms with Crippen molar-refractivity contribution in [1.82, 2.24) is 0 Å². The van der Waals surface area contributed by atoms with Crippen LogP contribution in [0, 0.1) is 0 Å². The van der Waals surface area contributed by atoms with Gasteiger partial charge in [0.25, 0.3) is 0 Å². The van der Waals surface area contributed by atoms with Crippen molar-refractivity contribution in [2.75, 3.05) is 0 Å². The standard InChI is InChI=1S/2C8H11OPS2.Pb/c2*1-7(2)9-10(11,12)8-5-3-4-6-8;/h2*3-7H,1-2H3;/q2*-2;+4. The summed E-state index contributed by atoms with van der Waals surface area (Å²) >= 11 is -2.47. The van der Waals surface area contributed by atoms with E-state index >= 15 is 0 Å². The van der Waals surface area contributed by atoms with Gasteiger partial charge in [-0.15, -0.1) is 0 Å². The Morgan fingerprint density at radius 1 is 0.680 bits per heavy atom. The van der Waals surface area contributed by atoms with Crippen LogP contribution in [0.4, 0.5) is 0 Å². The molecule has 0 saturated carbocycles. The Kier molecular flexibility index (Phi) is 6.08. The summed E-state index contributed by atoms with van der Waals surface area (Å²) in [4.78, 5) is 0. The third-order valence-corrected chi connectivity index (χ3v) is 177. The Bertz CT molecular complexity index is 643. The summed E-state index contributed by atoms with van der Waals surface area (Å²) in [5.74, 6) is -3.06. The van der Waals surface area contributed by atoms with Gasteiger partial charge in [0, 0.05) is 0 Å². The fourth-order valence-electron chi connectivity index (χ4n) is 2.74. The number of hydrogen-bond acceptors (Lipinski definition) is 6. The molecule has 0 aliphatic carbocycles. The second kappa shape index (κ2) is 7.57. The molecule has 0 unspecified atom stereocenters. The van der Waals surface area contributed by atoms with Crippen LogP contribution in [0.25, 0.3) is 0 Å². The second-order valence-electron chi connectivity index (χ2n) is 6.45. The quantitative estimate of drug-likeness (QED) is 0.194. The fraction of sp³-hybridized carbons (Fsp3) is 0.375. The molecule has 0 aromatic heterocycles. The van der Waals surface area contributed by atoms with Crippen LogP contribution in [0.5, 0.6) is 0 Å². The van der Waals surface area contributed by atoms with Gasteiger partial charge in [-0.25, -0.2) is 0 Å². The number of hydrogen-bond donors (Lipinski definition) is 0. The molecule has 2 nitrogen and oxygen atoms in total. The van der Waals surface area contributed by atoms with E-state index < -0.39 is 27.0 Å². The van der Waals surface area contributed by atoms with Crippen LogP contribution in [0.15, 0.2) is 48.5 Å². The van der Waals surface area contributed by atoms with Crippen molar-refractivity contribution in [2.45, 2.75) is 39.9 Å². The van der Waals surface area contributed by atoms with Gasteiger partial charge in [0.1, 0.15) is 0 Å². The second-order valence-corrected chi connectivity index (χ2v) is 84.9. The molecule has 2 aliphatic rings. The van der Waals surface area contributed by atoms with Crippen molar-refractivity contribution < 1.29 is 9.05 Å². The van der Waals surface area contributed by atoms with Gasteiger partial charge in [-0.1, -0.05) is 0 Å². The molecule has 2 heterocycles. The van der Waals surface area contributed by atoms with Gasteiger partial charge in [0.05, 0.1) is 0 Å². The normalized spacial score (nSPS) is 34.5. The van der Waals surface area contributed by atoms with E-state index in [0.29, 0.717) is 0 Å². The molecular weight excluding hydrogens is 622 g/mol. The molecule has 136 valence electrons. The maximum atomic E-state index is 6.53. The van der Waals surface area contributed by atoms with Gasteiger partial charge in [-0.05, 0) is 0 Å². The van der Waals surface area contributed by atoms with Gasteiger partial charge in [-0.3, -0.25) is 0 Å². The van der Waals surface area contributed by atoms with Gasteiger partial charge in [0.15, 0.2) is 0 Å². The third-order valence-electron chi connectivity index (χ3n) is 3.55. The van der Waals surface area contributed by atoms with Gasteiger partial charge >= 0.3 is 167 Å². The maximum absolute atomic E-state index is 6.53. The van der Waals surface area contributed by atoms with E-state index in [0.717, 1.165) is 0 Å². The zero-order valence-corrected chi connectivity index (χ0v) is 23.6. The molecule has 2 aromatic carbocycles. The van der Waals surface area contributed by atoms with E-state index in [1.54, 1.807) is 0 Å². The Labute approximate surface area is 165 Å². The Hall–Kier alpha value is 1.80. The molecule has 2 aromatic rings. The van der Waals surface area contributed by atoms with Crippen LogP contribution >= 0.6 is 43.5 Å². The third kappa shape index (κ3) is 3.83. The van der Waals surface area contributed by atoms with E-state index in [1.807, 2.05) is 0 Å². The van der Waals surface area contributed by atoms with Crippen LogP contribution in [-0.4, -0.2) is 27.4 Å². The van der Waals surface area contributed by atoms with Crippen LogP contribution in [-0.2, 0) is 9.05 Å². The van der Waals surface area contributed by atoms with Crippen molar-refractivity contribution in [3.63, 3.8) is 0 Å². The molecule has 0 amide bonds. The van der Waals surface area contributed by atoms with Crippen LogP contribution < -0.4 is 10.6 Å². The molecule has 0 N–H and O–H groups in total. The Balaban J connectivity index is 1.53. The zero-order chi connectivity index (χ0) is 17.7. The van der Waals surface area contributed by atoms with E-state index in [9.17, 15) is 0 Å². The van der Waals surface area contributed by atoms with Crippen molar-refractivity contribution in [3.8, 4) is 0 Å². The molecule has 4 rings (SSSR count). The van der Waals surface area contributed by atoms with Crippen molar-refractivity contribution in [1.29, 1.82) is 0 Å².